The number of carbonyl (C=O) groups is 2. The van der Waals surface area contributed by atoms with Crippen molar-refractivity contribution in [3.63, 3.8) is 0 Å². The van der Waals surface area contributed by atoms with Gasteiger partial charge < -0.3 is 19.6 Å². The number of rotatable bonds is 4. The number of fused-ring (bicyclic) bond motifs is 5. The highest BCUT2D eigenvalue weighted by Gasteiger charge is 2.59. The molecule has 0 unspecified atom stereocenters. The third-order valence-corrected chi connectivity index (χ3v) is 12.3. The monoisotopic (exact) mass is 556 g/mol. The Bertz CT molecular complexity index is 1000. The van der Waals surface area contributed by atoms with Crippen molar-refractivity contribution in [3.8, 4) is 0 Å². The first-order valence-corrected chi connectivity index (χ1v) is 16.4. The van der Waals surface area contributed by atoms with E-state index in [1.165, 1.54) is 32.1 Å². The van der Waals surface area contributed by atoms with Crippen molar-refractivity contribution >= 4 is 12.0 Å². The van der Waals surface area contributed by atoms with E-state index >= 15 is 0 Å². The Morgan fingerprint density at radius 1 is 1.10 bits per heavy atom. The topological polar surface area (TPSA) is 70.1 Å². The number of allylic oxidation sites excluding steroid dienone is 1. The van der Waals surface area contributed by atoms with Gasteiger partial charge in [0.25, 0.3) is 0 Å². The molecule has 0 radical (unpaired) electrons. The highest BCUT2D eigenvalue weighted by atomic mass is 16.6. The van der Waals surface area contributed by atoms with Crippen LogP contribution >= 0.6 is 0 Å². The Morgan fingerprint density at radius 3 is 2.55 bits per heavy atom. The van der Waals surface area contributed by atoms with Gasteiger partial charge in [-0.1, -0.05) is 32.4 Å². The molecule has 0 aromatic heterocycles. The number of amides is 2. The van der Waals surface area contributed by atoms with E-state index in [1.807, 2.05) is 25.7 Å². The Kier molecular flexibility index (Phi) is 8.18. The zero-order valence-electron chi connectivity index (χ0n) is 26.4. The molecule has 0 bridgehead atoms. The summed E-state index contributed by atoms with van der Waals surface area (Å²) in [5, 5.41) is 10.3. The predicted molar refractivity (Wildman–Crippen MR) is 159 cm³/mol. The lowest BCUT2D eigenvalue weighted by atomic mass is 9.47. The second kappa shape index (κ2) is 10.9. The van der Waals surface area contributed by atoms with E-state index in [-0.39, 0.29) is 24.1 Å². The van der Waals surface area contributed by atoms with E-state index in [1.54, 1.807) is 10.5 Å². The van der Waals surface area contributed by atoms with Crippen molar-refractivity contribution in [3.05, 3.63) is 11.6 Å². The molecule has 1 N–H and O–H groups in total. The van der Waals surface area contributed by atoms with Gasteiger partial charge in [-0.3, -0.25) is 4.79 Å². The number of hydrogen-bond donors (Lipinski definition) is 1. The molecule has 2 amide bonds. The van der Waals surface area contributed by atoms with Gasteiger partial charge in [-0.25, -0.2) is 4.79 Å². The van der Waals surface area contributed by atoms with Crippen LogP contribution in [0.2, 0.25) is 0 Å². The van der Waals surface area contributed by atoms with Gasteiger partial charge in [0.05, 0.1) is 6.10 Å². The van der Waals surface area contributed by atoms with Crippen LogP contribution in [0.25, 0.3) is 0 Å². The van der Waals surface area contributed by atoms with Crippen LogP contribution in [0.4, 0.5) is 4.79 Å². The number of aliphatic hydroxyl groups excluding tert-OH is 1. The summed E-state index contributed by atoms with van der Waals surface area (Å²) in [4.78, 5) is 29.6. The fourth-order valence-electron chi connectivity index (χ4n) is 10.1. The molecule has 1 saturated heterocycles. The SMILES string of the molecule is C[C@H](CCC(=O)N1CCN(C(=O)OC(C)(C)C)C[C@@H]1C)[C@H]1CC[C@H]2[C@@H]3CC=C4C[C@@H](O)CC[C@]4(C)[C@H]3CC[C@]12C. The number of piperazine rings is 1. The molecule has 0 spiro atoms. The standard InChI is InChI=1S/C34H56N2O4/c1-22(8-13-30(38)36-19-18-35(21-23(36)2)31(39)40-32(3,4)5)27-11-12-28-26-10-9-24-20-25(37)14-16-33(24,6)29(26)15-17-34(27,28)7/h9,22-23,25-29,37H,8,10-21H2,1-7H3/t22-,23+,25+,26+,27-,28+,29+,33+,34-/m1/s1. The number of ether oxygens (including phenoxy) is 1. The summed E-state index contributed by atoms with van der Waals surface area (Å²) >= 11 is 0. The molecule has 1 heterocycles. The zero-order chi connectivity index (χ0) is 29.0. The third-order valence-electron chi connectivity index (χ3n) is 12.3. The van der Waals surface area contributed by atoms with Gasteiger partial charge in [0.1, 0.15) is 5.60 Å². The Balaban J connectivity index is 1.16. The van der Waals surface area contributed by atoms with Crippen LogP contribution in [0.15, 0.2) is 11.6 Å². The minimum atomic E-state index is -0.507. The van der Waals surface area contributed by atoms with Crippen LogP contribution in [-0.4, -0.2) is 64.3 Å². The van der Waals surface area contributed by atoms with Crippen LogP contribution in [0, 0.1) is 40.4 Å². The molecule has 4 aliphatic carbocycles. The van der Waals surface area contributed by atoms with E-state index in [4.69, 9.17) is 4.74 Å². The van der Waals surface area contributed by atoms with Crippen LogP contribution < -0.4 is 0 Å². The summed E-state index contributed by atoms with van der Waals surface area (Å²) in [6.45, 7) is 16.9. The first-order chi connectivity index (χ1) is 18.7. The van der Waals surface area contributed by atoms with Gasteiger partial charge in [-0.15, -0.1) is 0 Å². The lowest BCUT2D eigenvalue weighted by Gasteiger charge is -2.58. The Morgan fingerprint density at radius 2 is 1.85 bits per heavy atom. The maximum atomic E-state index is 13.3. The summed E-state index contributed by atoms with van der Waals surface area (Å²) in [6.07, 6.45) is 13.2. The minimum Gasteiger partial charge on any atom is -0.444 e. The van der Waals surface area contributed by atoms with E-state index in [2.05, 4.69) is 33.8 Å². The van der Waals surface area contributed by atoms with Crippen molar-refractivity contribution in [1.29, 1.82) is 0 Å². The summed E-state index contributed by atoms with van der Waals surface area (Å²) in [7, 11) is 0. The molecular formula is C34H56N2O4. The van der Waals surface area contributed by atoms with E-state index < -0.39 is 5.60 Å². The molecule has 6 heteroatoms. The highest BCUT2D eigenvalue weighted by molar-refractivity contribution is 5.77. The molecule has 0 aromatic rings. The van der Waals surface area contributed by atoms with Crippen LogP contribution in [-0.2, 0) is 9.53 Å². The van der Waals surface area contributed by atoms with Crippen LogP contribution in [0.1, 0.15) is 113 Å². The molecule has 6 nitrogen and oxygen atoms in total. The number of carbonyl (C=O) groups excluding carboxylic acids is 2. The van der Waals surface area contributed by atoms with Gasteiger partial charge in [0, 0.05) is 32.1 Å². The molecule has 3 saturated carbocycles. The number of nitrogens with zero attached hydrogens (tertiary/aromatic N) is 2. The molecule has 4 fully saturated rings. The molecule has 0 aromatic carbocycles. The fraction of sp³-hybridized carbons (Fsp3) is 0.882. The summed E-state index contributed by atoms with van der Waals surface area (Å²) in [5.41, 5.74) is 1.72. The fourth-order valence-corrected chi connectivity index (χ4v) is 10.1. The minimum absolute atomic E-state index is 0.0132. The van der Waals surface area contributed by atoms with E-state index in [0.717, 1.165) is 43.4 Å². The average molecular weight is 557 g/mol. The molecule has 226 valence electrons. The quantitative estimate of drug-likeness (QED) is 0.386. The second-order valence-electron chi connectivity index (χ2n) is 15.8. The first kappa shape index (κ1) is 29.9. The van der Waals surface area contributed by atoms with Crippen molar-refractivity contribution in [2.45, 2.75) is 130 Å². The van der Waals surface area contributed by atoms with Crippen molar-refractivity contribution in [2.24, 2.45) is 40.4 Å². The van der Waals surface area contributed by atoms with E-state index in [0.29, 0.717) is 48.7 Å². The van der Waals surface area contributed by atoms with Gasteiger partial charge in [-0.05, 0) is 126 Å². The second-order valence-corrected chi connectivity index (χ2v) is 15.8. The molecule has 1 aliphatic heterocycles. The van der Waals surface area contributed by atoms with Gasteiger partial charge in [-0.2, -0.15) is 0 Å². The van der Waals surface area contributed by atoms with E-state index in [9.17, 15) is 14.7 Å². The van der Waals surface area contributed by atoms with Gasteiger partial charge in [0.2, 0.25) is 5.91 Å². The normalized spacial score (nSPS) is 40.5. The summed E-state index contributed by atoms with van der Waals surface area (Å²) in [5.74, 6) is 3.82. The first-order valence-electron chi connectivity index (χ1n) is 16.4. The lowest BCUT2D eigenvalue weighted by molar-refractivity contribution is -0.136. The summed E-state index contributed by atoms with van der Waals surface area (Å²) < 4.78 is 5.55. The largest absolute Gasteiger partial charge is 0.444 e. The van der Waals surface area contributed by atoms with Crippen molar-refractivity contribution in [2.75, 3.05) is 19.6 Å². The van der Waals surface area contributed by atoms with Crippen molar-refractivity contribution in [1.82, 2.24) is 9.80 Å². The highest BCUT2D eigenvalue weighted by Crippen LogP contribution is 2.67. The zero-order valence-corrected chi connectivity index (χ0v) is 26.4. The molecule has 5 rings (SSSR count). The Labute approximate surface area is 243 Å². The van der Waals surface area contributed by atoms with Gasteiger partial charge >= 0.3 is 6.09 Å². The van der Waals surface area contributed by atoms with Crippen LogP contribution in [0.5, 0.6) is 0 Å². The van der Waals surface area contributed by atoms with Crippen LogP contribution in [0.3, 0.4) is 0 Å². The maximum absolute atomic E-state index is 13.3. The number of aliphatic hydroxyl groups is 1. The smallest absolute Gasteiger partial charge is 0.410 e. The maximum Gasteiger partial charge on any atom is 0.410 e. The molecule has 40 heavy (non-hydrogen) atoms. The Hall–Kier alpha value is -1.56. The molecular weight excluding hydrogens is 500 g/mol. The molecule has 9 atom stereocenters. The number of hydrogen-bond acceptors (Lipinski definition) is 4. The van der Waals surface area contributed by atoms with Crippen molar-refractivity contribution < 1.29 is 19.4 Å². The average Bonchev–Trinajstić information content (AvgIpc) is 3.23. The predicted octanol–water partition coefficient (Wildman–Crippen LogP) is 6.81. The van der Waals surface area contributed by atoms with Gasteiger partial charge in [0.15, 0.2) is 0 Å². The molecule has 5 aliphatic rings. The lowest BCUT2D eigenvalue weighted by Crippen LogP contribution is -2.56. The summed E-state index contributed by atoms with van der Waals surface area (Å²) in [6, 6.07) is 0.0132. The third kappa shape index (κ3) is 5.47.